The number of carbonyl (C=O) groups is 4. The molecule has 0 saturated heterocycles. The first-order valence-corrected chi connectivity index (χ1v) is 13.4. The number of carbonyl (C=O) groups excluding carboxylic acids is 3. The molecule has 2 aromatic carbocycles. The number of fused-ring (bicyclic) bond motifs is 1. The molecule has 37 heavy (non-hydrogen) atoms. The average molecular weight is 508 g/mol. The molecule has 2 amide bonds. The van der Waals surface area contributed by atoms with Gasteiger partial charge in [0.25, 0.3) is 11.8 Å². The predicted molar refractivity (Wildman–Crippen MR) is 141 cm³/mol. The summed E-state index contributed by atoms with van der Waals surface area (Å²) in [6.45, 7) is 2.79. The van der Waals surface area contributed by atoms with Gasteiger partial charge in [0.1, 0.15) is 5.75 Å². The largest absolute Gasteiger partial charge is 0.494 e. The lowest BCUT2D eigenvalue weighted by molar-refractivity contribution is -0.142. The van der Waals surface area contributed by atoms with Crippen LogP contribution < -0.4 is 4.74 Å². The molecule has 0 aromatic heterocycles. The third-order valence-corrected chi connectivity index (χ3v) is 6.80. The molecule has 0 bridgehead atoms. The standard InChI is InChI=1S/C30H37NO6/c1-2-3-4-5-6-7-8-11-20-37-24-16-14-22(15-17-24)27(32)21-23(30(35)36)18-19-31-28(33)25-12-9-10-13-26(25)29(31)34/h9-10,12-17,23H,2-8,11,18-21H2,1H3,(H,35,36). The van der Waals surface area contributed by atoms with Crippen molar-refractivity contribution >= 4 is 23.6 Å². The van der Waals surface area contributed by atoms with E-state index in [1.165, 1.54) is 38.5 Å². The van der Waals surface area contributed by atoms with Crippen molar-refractivity contribution in [3.05, 3.63) is 65.2 Å². The number of imide groups is 1. The van der Waals surface area contributed by atoms with Crippen molar-refractivity contribution in [3.63, 3.8) is 0 Å². The fourth-order valence-electron chi connectivity index (χ4n) is 4.54. The summed E-state index contributed by atoms with van der Waals surface area (Å²) in [5.74, 6) is -2.62. The SMILES string of the molecule is CCCCCCCCCCOc1ccc(C(=O)CC(CCN2C(=O)c3ccccc3C2=O)C(=O)O)cc1. The van der Waals surface area contributed by atoms with E-state index in [9.17, 15) is 24.3 Å². The Bertz CT molecular complexity index is 1040. The number of Topliss-reactive ketones (excluding diaryl/α,β-unsaturated/α-hetero) is 1. The van der Waals surface area contributed by atoms with Crippen LogP contribution in [0.15, 0.2) is 48.5 Å². The molecule has 1 aliphatic heterocycles. The lowest BCUT2D eigenvalue weighted by Crippen LogP contribution is -2.33. The van der Waals surface area contributed by atoms with E-state index in [1.807, 2.05) is 0 Å². The van der Waals surface area contributed by atoms with E-state index < -0.39 is 23.7 Å². The molecule has 2 aromatic rings. The number of carboxylic acid groups (broad SMARTS) is 1. The van der Waals surface area contributed by atoms with Gasteiger partial charge in [0.05, 0.1) is 23.7 Å². The zero-order valence-electron chi connectivity index (χ0n) is 21.6. The van der Waals surface area contributed by atoms with E-state index in [0.717, 1.165) is 17.7 Å². The monoisotopic (exact) mass is 507 g/mol. The molecular formula is C30H37NO6. The molecule has 1 atom stereocenters. The molecule has 7 nitrogen and oxygen atoms in total. The van der Waals surface area contributed by atoms with Crippen molar-refractivity contribution in [1.29, 1.82) is 0 Å². The van der Waals surface area contributed by atoms with Crippen LogP contribution in [-0.2, 0) is 4.79 Å². The van der Waals surface area contributed by atoms with Gasteiger partial charge in [0.2, 0.25) is 0 Å². The summed E-state index contributed by atoms with van der Waals surface area (Å²) in [5.41, 5.74) is 1.05. The number of ether oxygens (including phenoxy) is 1. The van der Waals surface area contributed by atoms with Crippen LogP contribution in [0.3, 0.4) is 0 Å². The van der Waals surface area contributed by atoms with Gasteiger partial charge in [0.15, 0.2) is 5.78 Å². The minimum atomic E-state index is -1.13. The zero-order valence-corrected chi connectivity index (χ0v) is 21.6. The summed E-state index contributed by atoms with van der Waals surface area (Å²) in [6, 6.07) is 13.3. The number of amides is 2. The Kier molecular flexibility index (Phi) is 10.9. The highest BCUT2D eigenvalue weighted by Gasteiger charge is 2.35. The molecule has 0 spiro atoms. The highest BCUT2D eigenvalue weighted by Crippen LogP contribution is 2.24. The summed E-state index contributed by atoms with van der Waals surface area (Å²) in [4.78, 5) is 50.7. The first-order chi connectivity index (χ1) is 17.9. The number of unbranched alkanes of at least 4 members (excludes halogenated alkanes) is 7. The molecule has 0 saturated carbocycles. The van der Waals surface area contributed by atoms with Gasteiger partial charge < -0.3 is 9.84 Å². The number of hydrogen-bond donors (Lipinski definition) is 1. The molecule has 0 radical (unpaired) electrons. The van der Waals surface area contributed by atoms with Gasteiger partial charge in [-0.3, -0.25) is 24.1 Å². The van der Waals surface area contributed by atoms with E-state index in [1.54, 1.807) is 48.5 Å². The van der Waals surface area contributed by atoms with Crippen molar-refractivity contribution in [2.24, 2.45) is 5.92 Å². The maximum Gasteiger partial charge on any atom is 0.307 e. The van der Waals surface area contributed by atoms with Crippen LogP contribution in [-0.4, -0.2) is 46.7 Å². The predicted octanol–water partition coefficient (Wildman–Crippen LogP) is 6.17. The average Bonchev–Trinajstić information content (AvgIpc) is 3.15. The van der Waals surface area contributed by atoms with Crippen LogP contribution in [0.5, 0.6) is 5.75 Å². The van der Waals surface area contributed by atoms with Gasteiger partial charge >= 0.3 is 5.97 Å². The number of benzene rings is 2. The molecule has 1 unspecified atom stereocenters. The molecule has 3 rings (SSSR count). The minimum Gasteiger partial charge on any atom is -0.494 e. The summed E-state index contributed by atoms with van der Waals surface area (Å²) < 4.78 is 5.77. The van der Waals surface area contributed by atoms with Gasteiger partial charge in [-0.25, -0.2) is 0 Å². The Morgan fingerprint density at radius 1 is 0.838 bits per heavy atom. The summed E-state index contributed by atoms with van der Waals surface area (Å²) in [7, 11) is 0. The second-order valence-corrected chi connectivity index (χ2v) is 9.61. The normalized spacial score (nSPS) is 13.5. The molecule has 0 aliphatic carbocycles. The van der Waals surface area contributed by atoms with E-state index >= 15 is 0 Å². The van der Waals surface area contributed by atoms with E-state index in [2.05, 4.69) is 6.92 Å². The topological polar surface area (TPSA) is 101 Å². The third kappa shape index (κ3) is 8.00. The maximum atomic E-state index is 12.7. The fraction of sp³-hybridized carbons (Fsp3) is 0.467. The molecule has 0 fully saturated rings. The first kappa shape index (κ1) is 28.1. The van der Waals surface area contributed by atoms with Gasteiger partial charge in [-0.05, 0) is 49.2 Å². The van der Waals surface area contributed by atoms with Gasteiger partial charge in [-0.1, -0.05) is 64.0 Å². The van der Waals surface area contributed by atoms with E-state index in [0.29, 0.717) is 29.0 Å². The number of ketones is 1. The van der Waals surface area contributed by atoms with Crippen LogP contribution in [0.25, 0.3) is 0 Å². The summed E-state index contributed by atoms with van der Waals surface area (Å²) in [5, 5.41) is 9.64. The van der Waals surface area contributed by atoms with Crippen molar-refractivity contribution in [3.8, 4) is 5.75 Å². The van der Waals surface area contributed by atoms with Gasteiger partial charge in [0, 0.05) is 18.5 Å². The summed E-state index contributed by atoms with van der Waals surface area (Å²) in [6.07, 6.45) is 9.61. The third-order valence-electron chi connectivity index (χ3n) is 6.80. The number of hydrogen-bond acceptors (Lipinski definition) is 5. The molecule has 1 heterocycles. The van der Waals surface area contributed by atoms with E-state index in [-0.39, 0.29) is 25.2 Å². The molecule has 1 N–H and O–H groups in total. The van der Waals surface area contributed by atoms with Crippen LogP contribution in [0.1, 0.15) is 102 Å². The van der Waals surface area contributed by atoms with Crippen LogP contribution >= 0.6 is 0 Å². The van der Waals surface area contributed by atoms with Crippen molar-refractivity contribution in [2.45, 2.75) is 71.1 Å². The first-order valence-electron chi connectivity index (χ1n) is 13.4. The Hall–Kier alpha value is -3.48. The Morgan fingerprint density at radius 2 is 1.41 bits per heavy atom. The van der Waals surface area contributed by atoms with Crippen molar-refractivity contribution in [1.82, 2.24) is 4.90 Å². The van der Waals surface area contributed by atoms with Crippen LogP contribution in [0.4, 0.5) is 0 Å². The lowest BCUT2D eigenvalue weighted by Gasteiger charge is -2.17. The molecule has 7 heteroatoms. The minimum absolute atomic E-state index is 0.00629. The van der Waals surface area contributed by atoms with Gasteiger partial charge in [-0.15, -0.1) is 0 Å². The Balaban J connectivity index is 1.42. The highest BCUT2D eigenvalue weighted by molar-refractivity contribution is 6.21. The second-order valence-electron chi connectivity index (χ2n) is 9.61. The smallest absolute Gasteiger partial charge is 0.307 e. The van der Waals surface area contributed by atoms with Crippen molar-refractivity contribution in [2.75, 3.05) is 13.2 Å². The second kappa shape index (κ2) is 14.3. The highest BCUT2D eigenvalue weighted by atomic mass is 16.5. The fourth-order valence-corrected chi connectivity index (χ4v) is 4.54. The molecular weight excluding hydrogens is 470 g/mol. The zero-order chi connectivity index (χ0) is 26.6. The van der Waals surface area contributed by atoms with Gasteiger partial charge in [-0.2, -0.15) is 0 Å². The molecule has 1 aliphatic rings. The number of nitrogens with zero attached hydrogens (tertiary/aromatic N) is 1. The van der Waals surface area contributed by atoms with Crippen molar-refractivity contribution < 1.29 is 29.0 Å². The quantitative estimate of drug-likeness (QED) is 0.156. The Labute approximate surface area is 218 Å². The van der Waals surface area contributed by atoms with Crippen LogP contribution in [0.2, 0.25) is 0 Å². The number of rotatable bonds is 17. The van der Waals surface area contributed by atoms with E-state index in [4.69, 9.17) is 4.74 Å². The number of carboxylic acids is 1. The molecule has 198 valence electrons. The van der Waals surface area contributed by atoms with Crippen LogP contribution in [0, 0.1) is 5.92 Å². The number of aliphatic carboxylic acids is 1. The lowest BCUT2D eigenvalue weighted by atomic mass is 9.95. The summed E-state index contributed by atoms with van der Waals surface area (Å²) >= 11 is 0. The maximum absolute atomic E-state index is 12.7. The Morgan fingerprint density at radius 3 is 1.97 bits per heavy atom.